The van der Waals surface area contributed by atoms with Crippen LogP contribution in [0.4, 0.5) is 4.79 Å². The zero-order valence-corrected chi connectivity index (χ0v) is 12.3. The summed E-state index contributed by atoms with van der Waals surface area (Å²) in [6.45, 7) is 1.31. The van der Waals surface area contributed by atoms with Gasteiger partial charge in [0.1, 0.15) is 0 Å². The summed E-state index contributed by atoms with van der Waals surface area (Å²) in [7, 11) is 1.11. The number of hydrogen-bond donors (Lipinski definition) is 1. The van der Waals surface area contributed by atoms with Gasteiger partial charge in [0.25, 0.3) is 5.91 Å². The van der Waals surface area contributed by atoms with Gasteiger partial charge in [-0.25, -0.2) is 4.79 Å². The van der Waals surface area contributed by atoms with Crippen molar-refractivity contribution in [1.82, 2.24) is 5.32 Å². The van der Waals surface area contributed by atoms with Crippen molar-refractivity contribution in [1.29, 1.82) is 0 Å². The predicted octanol–water partition coefficient (Wildman–Crippen LogP) is 1.46. The lowest BCUT2D eigenvalue weighted by molar-refractivity contribution is -0.154. The lowest BCUT2D eigenvalue weighted by Gasteiger charge is -2.12. The first kappa shape index (κ1) is 17.4. The number of carbonyl (C=O) groups excluding carboxylic acids is 4. The Morgan fingerprint density at radius 1 is 1.09 bits per heavy atom. The van der Waals surface area contributed by atoms with Crippen molar-refractivity contribution < 1.29 is 28.7 Å². The number of hydrogen-bond acceptors (Lipinski definition) is 6. The number of ether oxygens (including phenoxy) is 2. The van der Waals surface area contributed by atoms with Gasteiger partial charge in [-0.3, -0.25) is 19.7 Å². The Kier molecular flexibility index (Phi) is 6.75. The molecule has 118 valence electrons. The predicted molar refractivity (Wildman–Crippen MR) is 76.1 cm³/mol. The molecule has 0 saturated carbocycles. The molecule has 7 heteroatoms. The van der Waals surface area contributed by atoms with Crippen molar-refractivity contribution in [3.05, 3.63) is 35.9 Å². The van der Waals surface area contributed by atoms with Crippen LogP contribution in [0.15, 0.2) is 30.3 Å². The monoisotopic (exact) mass is 307 g/mol. The third kappa shape index (κ3) is 5.74. The van der Waals surface area contributed by atoms with Crippen molar-refractivity contribution in [2.75, 3.05) is 7.11 Å². The number of esters is 1. The maximum Gasteiger partial charge on any atom is 0.413 e. The van der Waals surface area contributed by atoms with Crippen molar-refractivity contribution in [3.8, 4) is 0 Å². The molecule has 0 spiro atoms. The fraction of sp³-hybridized carbons (Fsp3) is 0.333. The Balaban J connectivity index is 2.38. The summed E-state index contributed by atoms with van der Waals surface area (Å²) >= 11 is 0. The van der Waals surface area contributed by atoms with Gasteiger partial charge in [0.15, 0.2) is 11.9 Å². The fourth-order valence-corrected chi connectivity index (χ4v) is 1.55. The van der Waals surface area contributed by atoms with Crippen molar-refractivity contribution in [2.45, 2.75) is 25.9 Å². The fourth-order valence-electron chi connectivity index (χ4n) is 1.55. The smallest absolute Gasteiger partial charge is 0.413 e. The molecule has 0 unspecified atom stereocenters. The van der Waals surface area contributed by atoms with Gasteiger partial charge in [0.2, 0.25) is 0 Å². The molecule has 0 radical (unpaired) electrons. The number of nitrogens with one attached hydrogen (secondary N) is 1. The molecule has 0 saturated heterocycles. The number of alkyl carbamates (subject to hydrolysis) is 1. The van der Waals surface area contributed by atoms with Gasteiger partial charge in [-0.1, -0.05) is 30.3 Å². The minimum absolute atomic E-state index is 0.0197. The molecule has 1 atom stereocenters. The van der Waals surface area contributed by atoms with E-state index in [1.54, 1.807) is 30.3 Å². The van der Waals surface area contributed by atoms with Crippen molar-refractivity contribution >= 4 is 23.8 Å². The van der Waals surface area contributed by atoms with Crippen LogP contribution in [0.1, 0.15) is 30.1 Å². The lowest BCUT2D eigenvalue weighted by atomic mass is 10.1. The third-order valence-electron chi connectivity index (χ3n) is 2.74. The highest BCUT2D eigenvalue weighted by molar-refractivity contribution is 5.98. The van der Waals surface area contributed by atoms with E-state index in [1.807, 2.05) is 5.32 Å². The van der Waals surface area contributed by atoms with E-state index in [0.29, 0.717) is 5.56 Å². The molecular weight excluding hydrogens is 290 g/mol. The Morgan fingerprint density at radius 3 is 2.32 bits per heavy atom. The molecule has 0 fully saturated rings. The second-order valence-corrected chi connectivity index (χ2v) is 4.40. The van der Waals surface area contributed by atoms with Gasteiger partial charge < -0.3 is 9.47 Å². The number of methoxy groups -OCH3 is 1. The normalized spacial score (nSPS) is 11.2. The van der Waals surface area contributed by atoms with Crippen LogP contribution in [0, 0.1) is 0 Å². The molecule has 22 heavy (non-hydrogen) atoms. The number of Topliss-reactive ketones (excluding diaryl/α,β-unsaturated/α-hetero) is 1. The SMILES string of the molecule is COC(=O)NC(=O)[C@H](C)OC(=O)CCC(=O)c1ccccc1. The number of rotatable bonds is 6. The van der Waals surface area contributed by atoms with Crippen LogP contribution in [-0.2, 0) is 19.1 Å². The van der Waals surface area contributed by atoms with E-state index < -0.39 is 24.1 Å². The molecule has 0 aliphatic rings. The van der Waals surface area contributed by atoms with E-state index in [0.717, 1.165) is 7.11 Å². The molecule has 0 aliphatic carbocycles. The summed E-state index contributed by atoms with van der Waals surface area (Å²) in [5.41, 5.74) is 0.506. The zero-order chi connectivity index (χ0) is 16.5. The number of carbonyl (C=O) groups is 4. The van der Waals surface area contributed by atoms with Gasteiger partial charge in [0, 0.05) is 12.0 Å². The van der Waals surface area contributed by atoms with Crippen molar-refractivity contribution in [2.24, 2.45) is 0 Å². The highest BCUT2D eigenvalue weighted by Gasteiger charge is 2.20. The highest BCUT2D eigenvalue weighted by atomic mass is 16.6. The van der Waals surface area contributed by atoms with Gasteiger partial charge in [-0.15, -0.1) is 0 Å². The van der Waals surface area contributed by atoms with Gasteiger partial charge >= 0.3 is 12.1 Å². The molecule has 0 aromatic heterocycles. The largest absolute Gasteiger partial charge is 0.453 e. The summed E-state index contributed by atoms with van der Waals surface area (Å²) in [6.07, 6.45) is -2.26. The minimum Gasteiger partial charge on any atom is -0.453 e. The van der Waals surface area contributed by atoms with E-state index in [1.165, 1.54) is 6.92 Å². The number of ketones is 1. The molecule has 7 nitrogen and oxygen atoms in total. The number of imide groups is 1. The van der Waals surface area contributed by atoms with E-state index in [-0.39, 0.29) is 18.6 Å². The minimum atomic E-state index is -1.15. The summed E-state index contributed by atoms with van der Waals surface area (Å²) in [4.78, 5) is 45.7. The Morgan fingerprint density at radius 2 is 1.73 bits per heavy atom. The van der Waals surface area contributed by atoms with Gasteiger partial charge in [-0.05, 0) is 6.92 Å². The first-order valence-electron chi connectivity index (χ1n) is 6.60. The molecule has 1 rings (SSSR count). The molecule has 0 bridgehead atoms. The first-order valence-corrected chi connectivity index (χ1v) is 6.60. The maximum atomic E-state index is 11.8. The maximum absolute atomic E-state index is 11.8. The topological polar surface area (TPSA) is 98.8 Å². The standard InChI is InChI=1S/C15H17NO6/c1-10(14(19)16-15(20)21-2)22-13(18)9-8-12(17)11-6-4-3-5-7-11/h3-7,10H,8-9H2,1-2H3,(H,16,19,20)/t10-/m0/s1. The average Bonchev–Trinajstić information content (AvgIpc) is 2.53. The van der Waals surface area contributed by atoms with Crippen LogP contribution in [0.25, 0.3) is 0 Å². The summed E-state index contributed by atoms with van der Waals surface area (Å²) in [6, 6.07) is 8.54. The molecule has 2 amide bonds. The molecule has 0 heterocycles. The second-order valence-electron chi connectivity index (χ2n) is 4.40. The van der Waals surface area contributed by atoms with E-state index in [2.05, 4.69) is 4.74 Å². The number of benzene rings is 1. The second kappa shape index (κ2) is 8.56. The molecule has 1 aromatic carbocycles. The molecule has 1 N–H and O–H groups in total. The van der Waals surface area contributed by atoms with E-state index >= 15 is 0 Å². The van der Waals surface area contributed by atoms with Crippen molar-refractivity contribution in [3.63, 3.8) is 0 Å². The van der Waals surface area contributed by atoms with Crippen LogP contribution in [0.5, 0.6) is 0 Å². The summed E-state index contributed by atoms with van der Waals surface area (Å²) in [5, 5.41) is 1.88. The van der Waals surface area contributed by atoms with Crippen LogP contribution in [0.2, 0.25) is 0 Å². The molecule has 1 aromatic rings. The Bertz CT molecular complexity index is 554. The number of amides is 2. The van der Waals surface area contributed by atoms with Crippen LogP contribution in [0.3, 0.4) is 0 Å². The van der Waals surface area contributed by atoms with E-state index in [9.17, 15) is 19.2 Å². The summed E-state index contributed by atoms with van der Waals surface area (Å²) in [5.74, 6) is -1.68. The quantitative estimate of drug-likeness (QED) is 0.631. The third-order valence-corrected chi connectivity index (χ3v) is 2.74. The van der Waals surface area contributed by atoms with Crippen LogP contribution < -0.4 is 5.32 Å². The Hall–Kier alpha value is -2.70. The average molecular weight is 307 g/mol. The molecular formula is C15H17NO6. The highest BCUT2D eigenvalue weighted by Crippen LogP contribution is 2.06. The van der Waals surface area contributed by atoms with Crippen LogP contribution >= 0.6 is 0 Å². The Labute approximate surface area is 127 Å². The first-order chi connectivity index (χ1) is 10.4. The van der Waals surface area contributed by atoms with E-state index in [4.69, 9.17) is 4.74 Å². The molecule has 0 aliphatic heterocycles. The van der Waals surface area contributed by atoms with Crippen LogP contribution in [-0.4, -0.2) is 37.0 Å². The summed E-state index contributed by atoms with van der Waals surface area (Å²) < 4.78 is 9.08. The zero-order valence-electron chi connectivity index (χ0n) is 12.3. The lowest BCUT2D eigenvalue weighted by Crippen LogP contribution is -2.39. The van der Waals surface area contributed by atoms with Gasteiger partial charge in [-0.2, -0.15) is 0 Å². The van der Waals surface area contributed by atoms with Gasteiger partial charge in [0.05, 0.1) is 13.5 Å².